The highest BCUT2D eigenvalue weighted by Crippen LogP contribution is 2.24. The Morgan fingerprint density at radius 3 is 2.38 bits per heavy atom. The van der Waals surface area contributed by atoms with Crippen LogP contribution in [0.3, 0.4) is 0 Å². The van der Waals surface area contributed by atoms with Crippen molar-refractivity contribution in [1.29, 1.82) is 0 Å². The number of imide groups is 1. The number of rotatable bonds is 3. The van der Waals surface area contributed by atoms with Crippen LogP contribution in [0.4, 0.5) is 0 Å². The van der Waals surface area contributed by atoms with E-state index in [2.05, 4.69) is 12.5 Å². The van der Waals surface area contributed by atoms with Crippen LogP contribution in [0.5, 0.6) is 0 Å². The summed E-state index contributed by atoms with van der Waals surface area (Å²) in [6.07, 6.45) is 9.91. The molecule has 0 saturated heterocycles. The highest BCUT2D eigenvalue weighted by molar-refractivity contribution is 6.22. The van der Waals surface area contributed by atoms with Crippen LogP contribution in [0, 0.1) is 12.3 Å². The minimum absolute atomic E-state index is 0.310. The van der Waals surface area contributed by atoms with Gasteiger partial charge in [-0.1, -0.05) is 30.7 Å². The maximum absolute atomic E-state index is 11.9. The molecular weight excluding hydrogens is 202 g/mol. The van der Waals surface area contributed by atoms with E-state index in [-0.39, 0.29) is 11.8 Å². The Kier molecular flexibility index (Phi) is 3.47. The molecule has 1 unspecified atom stereocenters. The third-order valence-electron chi connectivity index (χ3n) is 2.35. The molecule has 0 aromatic heterocycles. The van der Waals surface area contributed by atoms with Crippen molar-refractivity contribution in [2.75, 3.05) is 0 Å². The summed E-state index contributed by atoms with van der Waals surface area (Å²) in [4.78, 5) is 24.9. The summed E-state index contributed by atoms with van der Waals surface area (Å²) >= 11 is 0. The molecule has 0 fully saturated rings. The molecule has 1 rings (SSSR count). The van der Waals surface area contributed by atoms with E-state index in [4.69, 9.17) is 6.42 Å². The van der Waals surface area contributed by atoms with Gasteiger partial charge in [0.1, 0.15) is 0 Å². The molecule has 0 saturated carbocycles. The quantitative estimate of drug-likeness (QED) is 0.527. The molecular formula is C13H13NO2. The largest absolute Gasteiger partial charge is 0.269 e. The summed E-state index contributed by atoms with van der Waals surface area (Å²) in [5.41, 5.74) is 0.662. The number of allylic oxidation sites excluding steroid dienone is 1. The van der Waals surface area contributed by atoms with Gasteiger partial charge in [0.25, 0.3) is 11.8 Å². The lowest BCUT2D eigenvalue weighted by atomic mass is 10.1. The van der Waals surface area contributed by atoms with Crippen LogP contribution in [-0.4, -0.2) is 22.8 Å². The fourth-order valence-corrected chi connectivity index (χ4v) is 1.53. The maximum Gasteiger partial charge on any atom is 0.262 e. The van der Waals surface area contributed by atoms with Gasteiger partial charge in [0, 0.05) is 0 Å². The Morgan fingerprint density at radius 1 is 1.38 bits per heavy atom. The van der Waals surface area contributed by atoms with Crippen LogP contribution >= 0.6 is 0 Å². The molecule has 1 atom stereocenters. The highest BCUT2D eigenvalue weighted by atomic mass is 16.2. The van der Waals surface area contributed by atoms with Gasteiger partial charge in [0.05, 0.1) is 17.2 Å². The number of hydrogen-bond donors (Lipinski definition) is 0. The van der Waals surface area contributed by atoms with Gasteiger partial charge in [-0.3, -0.25) is 14.5 Å². The molecule has 0 aromatic rings. The Bertz CT molecular complexity index is 449. The summed E-state index contributed by atoms with van der Waals surface area (Å²) in [6, 6.07) is -0.544. The van der Waals surface area contributed by atoms with E-state index < -0.39 is 6.04 Å². The van der Waals surface area contributed by atoms with Crippen molar-refractivity contribution in [2.45, 2.75) is 19.9 Å². The van der Waals surface area contributed by atoms with E-state index in [9.17, 15) is 9.59 Å². The molecule has 0 spiro atoms. The number of carbonyl (C=O) groups is 2. The molecule has 0 radical (unpaired) electrons. The molecule has 16 heavy (non-hydrogen) atoms. The van der Waals surface area contributed by atoms with E-state index in [1.807, 2.05) is 0 Å². The molecule has 3 nitrogen and oxygen atoms in total. The van der Waals surface area contributed by atoms with Gasteiger partial charge in [-0.25, -0.2) is 0 Å². The topological polar surface area (TPSA) is 37.4 Å². The van der Waals surface area contributed by atoms with Gasteiger partial charge in [0.2, 0.25) is 0 Å². The minimum atomic E-state index is -0.544. The fraction of sp³-hybridized carbons (Fsp3) is 0.231. The summed E-state index contributed by atoms with van der Waals surface area (Å²) < 4.78 is 0. The number of carbonyl (C=O) groups excluding carboxylic acids is 2. The van der Waals surface area contributed by atoms with E-state index in [1.165, 1.54) is 6.08 Å². The Balaban J connectivity index is 3.24. The fourth-order valence-electron chi connectivity index (χ4n) is 1.53. The predicted molar refractivity (Wildman–Crippen MR) is 62.2 cm³/mol. The van der Waals surface area contributed by atoms with Crippen LogP contribution in [0.25, 0.3) is 0 Å². The molecule has 1 heterocycles. The molecule has 0 bridgehead atoms. The van der Waals surface area contributed by atoms with Crippen LogP contribution in [0.1, 0.15) is 13.8 Å². The SMILES string of the molecule is C#CC(C)N1C(=O)C(C=C)=C(/C=C\C)C1=O. The molecule has 1 aliphatic rings. The lowest BCUT2D eigenvalue weighted by Crippen LogP contribution is -2.38. The van der Waals surface area contributed by atoms with E-state index >= 15 is 0 Å². The van der Waals surface area contributed by atoms with Gasteiger partial charge in [-0.05, 0) is 13.8 Å². The first kappa shape index (κ1) is 12.0. The molecule has 0 aliphatic carbocycles. The van der Waals surface area contributed by atoms with Crippen LogP contribution in [0.15, 0.2) is 36.0 Å². The van der Waals surface area contributed by atoms with Crippen molar-refractivity contribution in [3.8, 4) is 12.3 Å². The molecule has 2 amide bonds. The van der Waals surface area contributed by atoms with Crippen LogP contribution in [-0.2, 0) is 9.59 Å². The van der Waals surface area contributed by atoms with Crippen LogP contribution < -0.4 is 0 Å². The van der Waals surface area contributed by atoms with Crippen molar-refractivity contribution in [3.05, 3.63) is 36.0 Å². The molecule has 3 heteroatoms. The number of terminal acetylenes is 1. The Labute approximate surface area is 95.1 Å². The van der Waals surface area contributed by atoms with Gasteiger partial charge in [-0.2, -0.15) is 0 Å². The van der Waals surface area contributed by atoms with Gasteiger partial charge in [-0.15, -0.1) is 6.42 Å². The number of amides is 2. The predicted octanol–water partition coefficient (Wildman–Crippen LogP) is 1.44. The zero-order valence-corrected chi connectivity index (χ0v) is 9.36. The first-order valence-corrected chi connectivity index (χ1v) is 4.91. The van der Waals surface area contributed by atoms with Crippen molar-refractivity contribution in [2.24, 2.45) is 0 Å². The smallest absolute Gasteiger partial charge is 0.262 e. The molecule has 1 aliphatic heterocycles. The van der Waals surface area contributed by atoms with Crippen molar-refractivity contribution >= 4 is 11.8 Å². The Hall–Kier alpha value is -2.08. The van der Waals surface area contributed by atoms with Crippen molar-refractivity contribution < 1.29 is 9.59 Å². The second-order valence-corrected chi connectivity index (χ2v) is 3.35. The van der Waals surface area contributed by atoms with Crippen LogP contribution in [0.2, 0.25) is 0 Å². The number of nitrogens with zero attached hydrogens (tertiary/aromatic N) is 1. The highest BCUT2D eigenvalue weighted by Gasteiger charge is 2.37. The average Bonchev–Trinajstić information content (AvgIpc) is 2.50. The first-order valence-electron chi connectivity index (χ1n) is 4.91. The summed E-state index contributed by atoms with van der Waals surface area (Å²) in [5, 5.41) is 0. The normalized spacial score (nSPS) is 18.2. The number of hydrogen-bond acceptors (Lipinski definition) is 2. The standard InChI is InChI=1S/C13H13NO2/c1-5-8-11-10(7-3)12(15)14(13(11)16)9(4)6-2/h2,5,7-9H,3H2,1,4H3/b8-5-. The third kappa shape index (κ3) is 1.70. The third-order valence-corrected chi connectivity index (χ3v) is 2.35. The zero-order valence-electron chi connectivity index (χ0n) is 9.36. The maximum atomic E-state index is 11.9. The van der Waals surface area contributed by atoms with Crippen molar-refractivity contribution in [1.82, 2.24) is 4.90 Å². The van der Waals surface area contributed by atoms with Gasteiger partial charge in [0.15, 0.2) is 0 Å². The summed E-state index contributed by atoms with van der Waals surface area (Å²) in [5.74, 6) is 1.64. The molecule has 0 N–H and O–H groups in total. The van der Waals surface area contributed by atoms with E-state index in [0.717, 1.165) is 4.90 Å². The lowest BCUT2D eigenvalue weighted by molar-refractivity contribution is -0.138. The summed E-state index contributed by atoms with van der Waals surface area (Å²) in [7, 11) is 0. The summed E-state index contributed by atoms with van der Waals surface area (Å²) in [6.45, 7) is 6.95. The second-order valence-electron chi connectivity index (χ2n) is 3.35. The molecule has 82 valence electrons. The van der Waals surface area contributed by atoms with E-state index in [1.54, 1.807) is 26.0 Å². The molecule has 0 aromatic carbocycles. The Morgan fingerprint density at radius 2 is 1.94 bits per heavy atom. The zero-order chi connectivity index (χ0) is 12.3. The van der Waals surface area contributed by atoms with Gasteiger partial charge >= 0.3 is 0 Å². The monoisotopic (exact) mass is 215 g/mol. The second kappa shape index (κ2) is 4.63. The van der Waals surface area contributed by atoms with Crippen molar-refractivity contribution in [3.63, 3.8) is 0 Å². The minimum Gasteiger partial charge on any atom is -0.269 e. The first-order chi connectivity index (χ1) is 7.58. The average molecular weight is 215 g/mol. The lowest BCUT2D eigenvalue weighted by Gasteiger charge is -2.17. The van der Waals surface area contributed by atoms with E-state index in [0.29, 0.717) is 11.1 Å². The van der Waals surface area contributed by atoms with Gasteiger partial charge < -0.3 is 0 Å².